The van der Waals surface area contributed by atoms with Crippen LogP contribution in [0.4, 0.5) is 0 Å². The molecule has 3 aromatic carbocycles. The van der Waals surface area contributed by atoms with Gasteiger partial charge in [-0.25, -0.2) is 0 Å². The quantitative estimate of drug-likeness (QED) is 0.333. The number of nitrogens with one attached hydrogen (secondary N) is 1. The van der Waals surface area contributed by atoms with E-state index in [1.54, 1.807) is 4.90 Å². The smallest absolute Gasteiger partial charge is 0.261 e. The van der Waals surface area contributed by atoms with Crippen molar-refractivity contribution in [3.8, 4) is 5.75 Å². The second-order valence-corrected chi connectivity index (χ2v) is 11.0. The Hall–Kier alpha value is -3.60. The molecule has 0 radical (unpaired) electrons. The predicted octanol–water partition coefficient (Wildman–Crippen LogP) is 6.39. The summed E-state index contributed by atoms with van der Waals surface area (Å²) < 4.78 is 6.11. The van der Waals surface area contributed by atoms with Gasteiger partial charge in [0.25, 0.3) is 5.91 Å². The third-order valence-corrected chi connectivity index (χ3v) is 7.81. The molecule has 0 aromatic heterocycles. The second kappa shape index (κ2) is 13.5. The number of hydrogen-bond donors (Lipinski definition) is 1. The SMILES string of the molecule is Cc1ccc(CN(C(=O)COc2cc(C)cc(C)c2C)C(Cc2ccccc2)C(=O)NC2CCCCC2)cc1. The highest BCUT2D eigenvalue weighted by Crippen LogP contribution is 2.24. The average Bonchev–Trinajstić information content (AvgIpc) is 2.93. The van der Waals surface area contributed by atoms with Gasteiger partial charge in [0, 0.05) is 19.0 Å². The molecule has 1 N–H and O–H groups in total. The maximum absolute atomic E-state index is 13.9. The minimum absolute atomic E-state index is 0.0891. The van der Waals surface area contributed by atoms with Crippen molar-refractivity contribution in [2.75, 3.05) is 6.61 Å². The van der Waals surface area contributed by atoms with E-state index in [1.807, 2.05) is 88.4 Å². The van der Waals surface area contributed by atoms with Gasteiger partial charge in [0.2, 0.25) is 5.91 Å². The number of amides is 2. The van der Waals surface area contributed by atoms with Crippen LogP contribution in [0.15, 0.2) is 66.7 Å². The molecule has 1 unspecified atom stereocenters. The van der Waals surface area contributed by atoms with Crippen LogP contribution in [-0.4, -0.2) is 35.4 Å². The summed E-state index contributed by atoms with van der Waals surface area (Å²) in [6.45, 7) is 8.33. The maximum atomic E-state index is 13.9. The van der Waals surface area contributed by atoms with Gasteiger partial charge < -0.3 is 15.0 Å². The van der Waals surface area contributed by atoms with Crippen molar-refractivity contribution in [1.29, 1.82) is 0 Å². The molecule has 3 aromatic rings. The highest BCUT2D eigenvalue weighted by atomic mass is 16.5. The zero-order valence-electron chi connectivity index (χ0n) is 23.8. The number of carbonyl (C=O) groups excluding carboxylic acids is 2. The molecular weight excluding hydrogens is 484 g/mol. The Kier molecular flexibility index (Phi) is 9.80. The highest BCUT2D eigenvalue weighted by Gasteiger charge is 2.32. The van der Waals surface area contributed by atoms with E-state index in [0.29, 0.717) is 18.7 Å². The lowest BCUT2D eigenvalue weighted by molar-refractivity contribution is -0.143. The summed E-state index contributed by atoms with van der Waals surface area (Å²) in [5.74, 6) is 0.421. The molecule has 0 heterocycles. The fraction of sp³-hybridized carbons (Fsp3) is 0.412. The summed E-state index contributed by atoms with van der Waals surface area (Å²) in [7, 11) is 0. The van der Waals surface area contributed by atoms with E-state index < -0.39 is 6.04 Å². The average molecular weight is 527 g/mol. The zero-order valence-corrected chi connectivity index (χ0v) is 23.8. The van der Waals surface area contributed by atoms with Gasteiger partial charge in [-0.3, -0.25) is 9.59 Å². The Bertz CT molecular complexity index is 1250. The fourth-order valence-electron chi connectivity index (χ4n) is 5.36. The van der Waals surface area contributed by atoms with E-state index in [9.17, 15) is 9.59 Å². The molecule has 5 heteroatoms. The van der Waals surface area contributed by atoms with Gasteiger partial charge in [-0.2, -0.15) is 0 Å². The molecule has 1 aliphatic rings. The molecule has 1 saturated carbocycles. The second-order valence-electron chi connectivity index (χ2n) is 11.0. The normalized spacial score (nSPS) is 14.5. The van der Waals surface area contributed by atoms with E-state index in [4.69, 9.17) is 4.74 Å². The highest BCUT2D eigenvalue weighted by molar-refractivity contribution is 5.88. The van der Waals surface area contributed by atoms with Crippen LogP contribution in [0.2, 0.25) is 0 Å². The van der Waals surface area contributed by atoms with Crippen molar-refractivity contribution in [2.45, 2.75) is 84.8 Å². The lowest BCUT2D eigenvalue weighted by Gasteiger charge is -2.33. The first-order chi connectivity index (χ1) is 18.8. The van der Waals surface area contributed by atoms with Crippen molar-refractivity contribution in [2.24, 2.45) is 0 Å². The Morgan fingerprint density at radius 3 is 2.26 bits per heavy atom. The Morgan fingerprint density at radius 1 is 0.872 bits per heavy atom. The summed E-state index contributed by atoms with van der Waals surface area (Å²) in [5.41, 5.74) is 6.40. The molecule has 39 heavy (non-hydrogen) atoms. The van der Waals surface area contributed by atoms with E-state index in [-0.39, 0.29) is 24.5 Å². The van der Waals surface area contributed by atoms with Crippen molar-refractivity contribution in [3.05, 3.63) is 100 Å². The number of ether oxygens (including phenoxy) is 1. The Morgan fingerprint density at radius 2 is 1.56 bits per heavy atom. The number of rotatable bonds is 10. The van der Waals surface area contributed by atoms with Gasteiger partial charge in [0.05, 0.1) is 0 Å². The molecule has 5 nitrogen and oxygen atoms in total. The third-order valence-electron chi connectivity index (χ3n) is 7.81. The van der Waals surface area contributed by atoms with Crippen LogP contribution in [0.25, 0.3) is 0 Å². The first kappa shape index (κ1) is 28.4. The summed E-state index contributed by atoms with van der Waals surface area (Å²) in [5, 5.41) is 3.29. The molecule has 206 valence electrons. The van der Waals surface area contributed by atoms with Crippen LogP contribution in [0.1, 0.15) is 65.5 Å². The molecule has 4 rings (SSSR count). The molecule has 1 fully saturated rings. The molecular formula is C34H42N2O3. The zero-order chi connectivity index (χ0) is 27.8. The largest absolute Gasteiger partial charge is 0.483 e. The summed E-state index contributed by atoms with van der Waals surface area (Å²) >= 11 is 0. The van der Waals surface area contributed by atoms with Gasteiger partial charge in [-0.1, -0.05) is 85.5 Å². The lowest BCUT2D eigenvalue weighted by atomic mass is 9.94. The topological polar surface area (TPSA) is 58.6 Å². The summed E-state index contributed by atoms with van der Waals surface area (Å²) in [6.07, 6.45) is 5.90. The van der Waals surface area contributed by atoms with Crippen LogP contribution >= 0.6 is 0 Å². The molecule has 1 aliphatic carbocycles. The van der Waals surface area contributed by atoms with Crippen LogP contribution in [-0.2, 0) is 22.6 Å². The van der Waals surface area contributed by atoms with Crippen LogP contribution < -0.4 is 10.1 Å². The summed E-state index contributed by atoms with van der Waals surface area (Å²) in [4.78, 5) is 29.5. The van der Waals surface area contributed by atoms with E-state index in [2.05, 4.69) is 11.4 Å². The molecule has 2 amide bonds. The standard InChI is InChI=1S/C34H42N2O3/c1-24-15-17-29(18-16-24)22-36(33(37)23-39-32-20-25(2)19-26(3)27(32)4)31(21-28-11-7-5-8-12-28)34(38)35-30-13-9-6-10-14-30/h5,7-8,11-12,15-20,30-31H,6,9-10,13-14,21-23H2,1-4H3,(H,35,38). The monoisotopic (exact) mass is 526 g/mol. The minimum atomic E-state index is -0.646. The van der Waals surface area contributed by atoms with Crippen molar-refractivity contribution in [3.63, 3.8) is 0 Å². The molecule has 1 atom stereocenters. The van der Waals surface area contributed by atoms with Gasteiger partial charge in [-0.15, -0.1) is 0 Å². The molecule has 0 saturated heterocycles. The fourth-order valence-corrected chi connectivity index (χ4v) is 5.36. The van der Waals surface area contributed by atoms with Crippen LogP contribution in [0, 0.1) is 27.7 Å². The predicted molar refractivity (Wildman–Crippen MR) is 157 cm³/mol. The minimum Gasteiger partial charge on any atom is -0.483 e. The van der Waals surface area contributed by atoms with Crippen molar-refractivity contribution >= 4 is 11.8 Å². The molecule has 0 bridgehead atoms. The molecule has 0 spiro atoms. The first-order valence-corrected chi connectivity index (χ1v) is 14.2. The van der Waals surface area contributed by atoms with E-state index >= 15 is 0 Å². The lowest BCUT2D eigenvalue weighted by Crippen LogP contribution is -2.53. The summed E-state index contributed by atoms with van der Waals surface area (Å²) in [6, 6.07) is 21.7. The van der Waals surface area contributed by atoms with Crippen molar-refractivity contribution < 1.29 is 14.3 Å². The number of nitrogens with zero attached hydrogens (tertiary/aromatic N) is 1. The van der Waals surface area contributed by atoms with Crippen LogP contribution in [0.3, 0.4) is 0 Å². The number of aryl methyl sites for hydroxylation is 3. The molecule has 0 aliphatic heterocycles. The number of hydrogen-bond acceptors (Lipinski definition) is 3. The number of carbonyl (C=O) groups is 2. The Labute approximate surface area is 233 Å². The first-order valence-electron chi connectivity index (χ1n) is 14.2. The third kappa shape index (κ3) is 7.95. The van der Waals surface area contributed by atoms with Gasteiger partial charge in [0.15, 0.2) is 6.61 Å². The van der Waals surface area contributed by atoms with Gasteiger partial charge in [-0.05, 0) is 74.4 Å². The van der Waals surface area contributed by atoms with E-state index in [0.717, 1.165) is 59.1 Å². The van der Waals surface area contributed by atoms with Gasteiger partial charge in [0.1, 0.15) is 11.8 Å². The maximum Gasteiger partial charge on any atom is 0.261 e. The Balaban J connectivity index is 1.63. The van der Waals surface area contributed by atoms with Crippen molar-refractivity contribution in [1.82, 2.24) is 10.2 Å². The van der Waals surface area contributed by atoms with Gasteiger partial charge >= 0.3 is 0 Å². The van der Waals surface area contributed by atoms with E-state index in [1.165, 1.54) is 6.42 Å². The number of benzene rings is 3. The van der Waals surface area contributed by atoms with Crippen LogP contribution in [0.5, 0.6) is 5.75 Å².